The summed E-state index contributed by atoms with van der Waals surface area (Å²) in [5, 5.41) is 8.97. The summed E-state index contributed by atoms with van der Waals surface area (Å²) in [5.74, 6) is -0.00290. The van der Waals surface area contributed by atoms with Crippen LogP contribution in [0.5, 0.6) is 0 Å². The SMILES string of the molecule is CC(C)(C)C(=O)Nc1ccc(-c2csc(Nc3cccnc3)n2)cc1. The first-order chi connectivity index (χ1) is 11.9. The zero-order valence-electron chi connectivity index (χ0n) is 14.4. The van der Waals surface area contributed by atoms with E-state index in [2.05, 4.69) is 20.6 Å². The molecule has 25 heavy (non-hydrogen) atoms. The fourth-order valence-electron chi connectivity index (χ4n) is 2.07. The number of anilines is 3. The van der Waals surface area contributed by atoms with Crippen molar-refractivity contribution in [1.82, 2.24) is 9.97 Å². The average Bonchev–Trinajstić information content (AvgIpc) is 3.04. The molecule has 0 spiro atoms. The van der Waals surface area contributed by atoms with Gasteiger partial charge in [0.15, 0.2) is 5.13 Å². The zero-order chi connectivity index (χ0) is 17.9. The minimum atomic E-state index is -0.416. The molecule has 0 atom stereocenters. The summed E-state index contributed by atoms with van der Waals surface area (Å²) >= 11 is 1.54. The molecule has 0 aliphatic rings. The van der Waals surface area contributed by atoms with Gasteiger partial charge in [0.1, 0.15) is 0 Å². The Morgan fingerprint density at radius 3 is 2.48 bits per heavy atom. The van der Waals surface area contributed by atoms with Crippen molar-refractivity contribution in [3.05, 3.63) is 54.2 Å². The molecule has 2 heterocycles. The molecule has 3 rings (SSSR count). The number of pyridine rings is 1. The third-order valence-corrected chi connectivity index (χ3v) is 4.29. The van der Waals surface area contributed by atoms with Gasteiger partial charge in [0.2, 0.25) is 5.91 Å². The Labute approximate surface area is 151 Å². The lowest BCUT2D eigenvalue weighted by molar-refractivity contribution is -0.123. The van der Waals surface area contributed by atoms with Crippen molar-refractivity contribution in [1.29, 1.82) is 0 Å². The molecule has 3 aromatic rings. The van der Waals surface area contributed by atoms with E-state index in [-0.39, 0.29) is 5.91 Å². The highest BCUT2D eigenvalue weighted by Gasteiger charge is 2.21. The van der Waals surface area contributed by atoms with Gasteiger partial charge in [0, 0.05) is 28.2 Å². The molecule has 1 amide bonds. The number of aromatic nitrogens is 2. The monoisotopic (exact) mass is 352 g/mol. The predicted molar refractivity (Wildman–Crippen MR) is 103 cm³/mol. The minimum Gasteiger partial charge on any atom is -0.330 e. The summed E-state index contributed by atoms with van der Waals surface area (Å²) in [6.07, 6.45) is 3.49. The van der Waals surface area contributed by atoms with Crippen LogP contribution < -0.4 is 10.6 Å². The van der Waals surface area contributed by atoms with E-state index in [1.165, 1.54) is 11.3 Å². The van der Waals surface area contributed by atoms with Crippen LogP contribution in [0.15, 0.2) is 54.2 Å². The first-order valence-electron chi connectivity index (χ1n) is 7.96. The third-order valence-electron chi connectivity index (χ3n) is 3.54. The molecule has 5 nitrogen and oxygen atoms in total. The fourth-order valence-corrected chi connectivity index (χ4v) is 2.81. The summed E-state index contributed by atoms with van der Waals surface area (Å²) in [6, 6.07) is 11.5. The van der Waals surface area contributed by atoms with Crippen LogP contribution in [-0.4, -0.2) is 15.9 Å². The van der Waals surface area contributed by atoms with Crippen molar-refractivity contribution in [2.24, 2.45) is 5.41 Å². The van der Waals surface area contributed by atoms with Crippen molar-refractivity contribution < 1.29 is 4.79 Å². The zero-order valence-corrected chi connectivity index (χ0v) is 15.2. The highest BCUT2D eigenvalue weighted by atomic mass is 32.1. The van der Waals surface area contributed by atoms with E-state index in [0.717, 1.165) is 27.8 Å². The Bertz CT molecular complexity index is 851. The number of amides is 1. The van der Waals surface area contributed by atoms with Gasteiger partial charge in [-0.15, -0.1) is 11.3 Å². The molecule has 0 saturated carbocycles. The van der Waals surface area contributed by atoms with Crippen molar-refractivity contribution in [2.45, 2.75) is 20.8 Å². The minimum absolute atomic E-state index is 0.00290. The van der Waals surface area contributed by atoms with Crippen LogP contribution in [0.25, 0.3) is 11.3 Å². The second-order valence-corrected chi connectivity index (χ2v) is 7.54. The summed E-state index contributed by atoms with van der Waals surface area (Å²) < 4.78 is 0. The number of hydrogen-bond donors (Lipinski definition) is 2. The topological polar surface area (TPSA) is 66.9 Å². The lowest BCUT2D eigenvalue weighted by Gasteiger charge is -2.17. The van der Waals surface area contributed by atoms with Gasteiger partial charge in [0.25, 0.3) is 0 Å². The van der Waals surface area contributed by atoms with E-state index in [0.29, 0.717) is 0 Å². The molecular weight excluding hydrogens is 332 g/mol. The molecule has 2 N–H and O–H groups in total. The van der Waals surface area contributed by atoms with Crippen LogP contribution in [0.3, 0.4) is 0 Å². The van der Waals surface area contributed by atoms with E-state index in [9.17, 15) is 4.79 Å². The normalized spacial score (nSPS) is 11.2. The van der Waals surface area contributed by atoms with E-state index >= 15 is 0 Å². The molecule has 1 aromatic carbocycles. The highest BCUT2D eigenvalue weighted by Crippen LogP contribution is 2.28. The van der Waals surface area contributed by atoms with Crippen molar-refractivity contribution in [3.63, 3.8) is 0 Å². The van der Waals surface area contributed by atoms with E-state index in [1.54, 1.807) is 12.4 Å². The maximum absolute atomic E-state index is 12.0. The van der Waals surface area contributed by atoms with E-state index in [4.69, 9.17) is 0 Å². The highest BCUT2D eigenvalue weighted by molar-refractivity contribution is 7.14. The van der Waals surface area contributed by atoms with Crippen LogP contribution in [0.4, 0.5) is 16.5 Å². The predicted octanol–water partition coefficient (Wildman–Crippen LogP) is 4.93. The number of hydrogen-bond acceptors (Lipinski definition) is 5. The van der Waals surface area contributed by atoms with E-state index in [1.807, 2.05) is 62.5 Å². The van der Waals surface area contributed by atoms with Gasteiger partial charge >= 0.3 is 0 Å². The number of carbonyl (C=O) groups is 1. The van der Waals surface area contributed by atoms with Gasteiger partial charge in [-0.05, 0) is 24.3 Å². The van der Waals surface area contributed by atoms with Crippen molar-refractivity contribution in [3.8, 4) is 11.3 Å². The molecule has 0 saturated heterocycles. The number of nitrogens with zero attached hydrogens (tertiary/aromatic N) is 2. The summed E-state index contributed by atoms with van der Waals surface area (Å²) in [5.41, 5.74) is 3.17. The Balaban J connectivity index is 1.70. The standard InChI is InChI=1S/C19H20N4OS/c1-19(2,3)17(24)21-14-8-6-13(7-9-14)16-12-25-18(23-16)22-15-5-4-10-20-11-15/h4-12H,1-3H3,(H,21,24)(H,22,23). The third kappa shape index (κ3) is 4.42. The lowest BCUT2D eigenvalue weighted by atomic mass is 9.95. The number of carbonyl (C=O) groups excluding carboxylic acids is 1. The van der Waals surface area contributed by atoms with Gasteiger partial charge < -0.3 is 10.6 Å². The Hall–Kier alpha value is -2.73. The van der Waals surface area contributed by atoms with Gasteiger partial charge in [-0.3, -0.25) is 9.78 Å². The number of nitrogens with one attached hydrogen (secondary N) is 2. The first-order valence-corrected chi connectivity index (χ1v) is 8.84. The van der Waals surface area contributed by atoms with Crippen LogP contribution >= 0.6 is 11.3 Å². The molecule has 128 valence electrons. The van der Waals surface area contributed by atoms with Crippen LogP contribution in [0.1, 0.15) is 20.8 Å². The maximum atomic E-state index is 12.0. The summed E-state index contributed by atoms with van der Waals surface area (Å²) in [7, 11) is 0. The molecule has 0 aliphatic heterocycles. The van der Waals surface area contributed by atoms with E-state index < -0.39 is 5.41 Å². The molecular formula is C19H20N4OS. The maximum Gasteiger partial charge on any atom is 0.229 e. The second kappa shape index (κ2) is 7.03. The van der Waals surface area contributed by atoms with Crippen LogP contribution in [0.2, 0.25) is 0 Å². The Morgan fingerprint density at radius 1 is 1.08 bits per heavy atom. The second-order valence-electron chi connectivity index (χ2n) is 6.69. The molecule has 0 fully saturated rings. The molecule has 6 heteroatoms. The smallest absolute Gasteiger partial charge is 0.229 e. The number of benzene rings is 1. The van der Waals surface area contributed by atoms with Crippen LogP contribution in [0, 0.1) is 5.41 Å². The quantitative estimate of drug-likeness (QED) is 0.698. The van der Waals surface area contributed by atoms with Crippen molar-refractivity contribution in [2.75, 3.05) is 10.6 Å². The molecule has 0 unspecified atom stereocenters. The number of thiazole rings is 1. The first kappa shape index (κ1) is 17.1. The fraction of sp³-hybridized carbons (Fsp3) is 0.211. The Morgan fingerprint density at radius 2 is 1.84 bits per heavy atom. The van der Waals surface area contributed by atoms with Gasteiger partial charge in [-0.25, -0.2) is 4.98 Å². The summed E-state index contributed by atoms with van der Waals surface area (Å²) in [6.45, 7) is 5.67. The van der Waals surface area contributed by atoms with Crippen LogP contribution in [-0.2, 0) is 4.79 Å². The molecule has 0 aliphatic carbocycles. The molecule has 2 aromatic heterocycles. The molecule has 0 radical (unpaired) electrons. The van der Waals surface area contributed by atoms with Gasteiger partial charge in [-0.1, -0.05) is 32.9 Å². The van der Waals surface area contributed by atoms with Crippen molar-refractivity contribution >= 4 is 33.8 Å². The van der Waals surface area contributed by atoms with Gasteiger partial charge in [0.05, 0.1) is 17.6 Å². The largest absolute Gasteiger partial charge is 0.330 e. The van der Waals surface area contributed by atoms with Gasteiger partial charge in [-0.2, -0.15) is 0 Å². The Kier molecular flexibility index (Phi) is 4.81. The number of rotatable bonds is 4. The molecule has 0 bridgehead atoms. The average molecular weight is 352 g/mol. The summed E-state index contributed by atoms with van der Waals surface area (Å²) in [4.78, 5) is 20.7. The lowest BCUT2D eigenvalue weighted by Crippen LogP contribution is -2.27.